The average molecular weight is 289 g/mol. The second-order valence-corrected chi connectivity index (χ2v) is 5.18. The molecular formula is C11H17BrN2O2. The van der Waals surface area contributed by atoms with E-state index in [0.717, 1.165) is 16.7 Å². The van der Waals surface area contributed by atoms with Crippen molar-refractivity contribution in [3.63, 3.8) is 0 Å². The number of aliphatic hydroxyl groups is 1. The highest BCUT2D eigenvalue weighted by Crippen LogP contribution is 2.38. The van der Waals surface area contributed by atoms with Crippen LogP contribution in [-0.4, -0.2) is 27.6 Å². The lowest BCUT2D eigenvalue weighted by atomic mass is 9.87. The van der Waals surface area contributed by atoms with Crippen LogP contribution >= 0.6 is 15.9 Å². The van der Waals surface area contributed by atoms with Crippen LogP contribution < -0.4 is 0 Å². The zero-order chi connectivity index (χ0) is 11.8. The molecule has 0 radical (unpaired) electrons. The minimum absolute atomic E-state index is 0.0888. The van der Waals surface area contributed by atoms with E-state index in [0.29, 0.717) is 19.4 Å². The minimum Gasteiger partial charge on any atom is -0.383 e. The van der Waals surface area contributed by atoms with E-state index in [1.54, 1.807) is 6.20 Å². The molecule has 2 rings (SSSR count). The summed E-state index contributed by atoms with van der Waals surface area (Å²) in [4.78, 5) is 0. The number of halogens is 1. The Morgan fingerprint density at radius 1 is 1.75 bits per heavy atom. The normalized spacial score (nSPS) is 30.6. The first-order chi connectivity index (χ1) is 7.57. The second kappa shape index (κ2) is 4.47. The molecule has 0 amide bonds. The van der Waals surface area contributed by atoms with Gasteiger partial charge in [0.15, 0.2) is 0 Å². The number of aromatic nitrogens is 2. The summed E-state index contributed by atoms with van der Waals surface area (Å²) in [6.07, 6.45) is 3.08. The summed E-state index contributed by atoms with van der Waals surface area (Å²) in [7, 11) is 0. The molecule has 1 fully saturated rings. The maximum Gasteiger partial charge on any atom is 0.112 e. The van der Waals surface area contributed by atoms with E-state index in [2.05, 4.69) is 21.0 Å². The van der Waals surface area contributed by atoms with Crippen LogP contribution in [-0.2, 0) is 16.9 Å². The third-order valence-electron chi connectivity index (χ3n) is 3.08. The standard InChI is InChI=1S/C11H17BrN2O2/c1-3-14-10(9(12)7-13-14)11(15)4-5-16-8(2)6-11/h7-8,15H,3-6H2,1-2H3. The summed E-state index contributed by atoms with van der Waals surface area (Å²) < 4.78 is 8.21. The van der Waals surface area contributed by atoms with Gasteiger partial charge in [0.25, 0.3) is 0 Å². The zero-order valence-electron chi connectivity index (χ0n) is 9.61. The molecule has 5 heteroatoms. The van der Waals surface area contributed by atoms with Crippen LogP contribution in [0.15, 0.2) is 10.7 Å². The summed E-state index contributed by atoms with van der Waals surface area (Å²) in [5.41, 5.74) is 0.0633. The van der Waals surface area contributed by atoms with Crippen LogP contribution in [0.3, 0.4) is 0 Å². The Morgan fingerprint density at radius 3 is 3.12 bits per heavy atom. The smallest absolute Gasteiger partial charge is 0.112 e. The van der Waals surface area contributed by atoms with Gasteiger partial charge in [0.05, 0.1) is 29.1 Å². The van der Waals surface area contributed by atoms with Gasteiger partial charge >= 0.3 is 0 Å². The van der Waals surface area contributed by atoms with Crippen molar-refractivity contribution < 1.29 is 9.84 Å². The number of hydrogen-bond acceptors (Lipinski definition) is 3. The quantitative estimate of drug-likeness (QED) is 0.906. The molecule has 2 atom stereocenters. The van der Waals surface area contributed by atoms with Crippen molar-refractivity contribution in [2.45, 2.75) is 44.9 Å². The number of hydrogen-bond donors (Lipinski definition) is 1. The van der Waals surface area contributed by atoms with Gasteiger partial charge in [-0.05, 0) is 29.8 Å². The fourth-order valence-corrected chi connectivity index (χ4v) is 3.01. The molecule has 0 saturated carbocycles. The van der Waals surface area contributed by atoms with Crippen LogP contribution in [0.4, 0.5) is 0 Å². The van der Waals surface area contributed by atoms with Gasteiger partial charge in [-0.3, -0.25) is 4.68 Å². The van der Waals surface area contributed by atoms with E-state index in [9.17, 15) is 5.11 Å². The molecular weight excluding hydrogens is 272 g/mol. The van der Waals surface area contributed by atoms with Crippen LogP contribution in [0.1, 0.15) is 32.4 Å². The first-order valence-electron chi connectivity index (χ1n) is 5.62. The Bertz CT molecular complexity index is 380. The molecule has 0 aromatic carbocycles. The Balaban J connectivity index is 2.37. The van der Waals surface area contributed by atoms with E-state index in [1.165, 1.54) is 0 Å². The van der Waals surface area contributed by atoms with Gasteiger partial charge in [0.2, 0.25) is 0 Å². The van der Waals surface area contributed by atoms with Crippen molar-refractivity contribution in [1.82, 2.24) is 9.78 Å². The summed E-state index contributed by atoms with van der Waals surface area (Å²) in [5, 5.41) is 15.0. The number of rotatable bonds is 2. The molecule has 1 N–H and O–H groups in total. The largest absolute Gasteiger partial charge is 0.383 e. The Morgan fingerprint density at radius 2 is 2.50 bits per heavy atom. The van der Waals surface area contributed by atoms with Gasteiger partial charge in [-0.25, -0.2) is 0 Å². The number of ether oxygens (including phenoxy) is 1. The van der Waals surface area contributed by atoms with Crippen LogP contribution in [0, 0.1) is 0 Å². The summed E-state index contributed by atoms with van der Waals surface area (Å²) in [6.45, 7) is 5.37. The molecule has 0 aliphatic carbocycles. The molecule has 0 spiro atoms. The van der Waals surface area contributed by atoms with Crippen molar-refractivity contribution in [1.29, 1.82) is 0 Å². The van der Waals surface area contributed by atoms with Crippen molar-refractivity contribution >= 4 is 15.9 Å². The summed E-state index contributed by atoms with van der Waals surface area (Å²) in [5.74, 6) is 0. The Labute approximate surface area is 104 Å². The molecule has 1 aliphatic rings. The highest BCUT2D eigenvalue weighted by molar-refractivity contribution is 9.10. The van der Waals surface area contributed by atoms with E-state index in [-0.39, 0.29) is 6.10 Å². The predicted octanol–water partition coefficient (Wildman–Crippen LogP) is 2.05. The molecule has 1 aliphatic heterocycles. The first-order valence-corrected chi connectivity index (χ1v) is 6.42. The molecule has 1 saturated heterocycles. The molecule has 2 unspecified atom stereocenters. The minimum atomic E-state index is -0.816. The van der Waals surface area contributed by atoms with Crippen LogP contribution in [0.25, 0.3) is 0 Å². The van der Waals surface area contributed by atoms with E-state index >= 15 is 0 Å². The fourth-order valence-electron chi connectivity index (χ4n) is 2.35. The maximum absolute atomic E-state index is 10.7. The molecule has 4 nitrogen and oxygen atoms in total. The van der Waals surface area contributed by atoms with Crippen molar-refractivity contribution in [3.8, 4) is 0 Å². The summed E-state index contributed by atoms with van der Waals surface area (Å²) in [6, 6.07) is 0. The van der Waals surface area contributed by atoms with Gasteiger partial charge < -0.3 is 9.84 Å². The second-order valence-electron chi connectivity index (χ2n) is 4.32. The van der Waals surface area contributed by atoms with E-state index < -0.39 is 5.60 Å². The number of nitrogens with zero attached hydrogens (tertiary/aromatic N) is 2. The maximum atomic E-state index is 10.7. The third kappa shape index (κ3) is 2.04. The van der Waals surface area contributed by atoms with E-state index in [4.69, 9.17) is 4.74 Å². The topological polar surface area (TPSA) is 47.3 Å². The highest BCUT2D eigenvalue weighted by Gasteiger charge is 2.39. The van der Waals surface area contributed by atoms with E-state index in [1.807, 2.05) is 18.5 Å². The predicted molar refractivity (Wildman–Crippen MR) is 64.1 cm³/mol. The molecule has 2 heterocycles. The average Bonchev–Trinajstić information content (AvgIpc) is 2.59. The first kappa shape index (κ1) is 12.1. The lowest BCUT2D eigenvalue weighted by Gasteiger charge is -2.36. The number of aryl methyl sites for hydroxylation is 1. The lowest BCUT2D eigenvalue weighted by Crippen LogP contribution is -2.39. The third-order valence-corrected chi connectivity index (χ3v) is 3.66. The Kier molecular flexibility index (Phi) is 3.37. The molecule has 0 bridgehead atoms. The van der Waals surface area contributed by atoms with Gasteiger partial charge in [-0.15, -0.1) is 0 Å². The zero-order valence-corrected chi connectivity index (χ0v) is 11.2. The van der Waals surface area contributed by atoms with Crippen LogP contribution in [0.5, 0.6) is 0 Å². The molecule has 90 valence electrons. The summed E-state index contributed by atoms with van der Waals surface area (Å²) >= 11 is 3.46. The van der Waals surface area contributed by atoms with Crippen molar-refractivity contribution in [3.05, 3.63) is 16.4 Å². The van der Waals surface area contributed by atoms with Gasteiger partial charge in [-0.1, -0.05) is 0 Å². The molecule has 1 aromatic heterocycles. The van der Waals surface area contributed by atoms with Crippen molar-refractivity contribution in [2.24, 2.45) is 0 Å². The van der Waals surface area contributed by atoms with Crippen LogP contribution in [0.2, 0.25) is 0 Å². The van der Waals surface area contributed by atoms with Gasteiger partial charge in [-0.2, -0.15) is 5.10 Å². The Hall–Kier alpha value is -0.390. The fraction of sp³-hybridized carbons (Fsp3) is 0.727. The SMILES string of the molecule is CCn1ncc(Br)c1C1(O)CCOC(C)C1. The monoisotopic (exact) mass is 288 g/mol. The highest BCUT2D eigenvalue weighted by atomic mass is 79.9. The van der Waals surface area contributed by atoms with Gasteiger partial charge in [0.1, 0.15) is 5.60 Å². The lowest BCUT2D eigenvalue weighted by molar-refractivity contribution is -0.106. The van der Waals surface area contributed by atoms with Gasteiger partial charge in [0, 0.05) is 19.4 Å². The van der Waals surface area contributed by atoms with Crippen molar-refractivity contribution in [2.75, 3.05) is 6.61 Å². The molecule has 1 aromatic rings. The molecule has 16 heavy (non-hydrogen) atoms.